The largest absolute Gasteiger partial charge is 0.278 e. The molecule has 2 rings (SSSR count). The standard InChI is InChI=1S/C13H15N3O4S2/c1-7-5-6-11(16(17)18)8(2)12(7)15-22(19,20)13-9(3)14-10(4)21-13/h5-6,15H,1-4H3. The molecule has 7 nitrogen and oxygen atoms in total. The summed E-state index contributed by atoms with van der Waals surface area (Å²) in [6.07, 6.45) is 0. The Kier molecular flexibility index (Phi) is 4.21. The van der Waals surface area contributed by atoms with Crippen LogP contribution in [-0.4, -0.2) is 18.3 Å². The van der Waals surface area contributed by atoms with Crippen LogP contribution in [0, 0.1) is 37.8 Å². The molecular weight excluding hydrogens is 326 g/mol. The highest BCUT2D eigenvalue weighted by atomic mass is 32.2. The molecule has 1 N–H and O–H groups in total. The molecule has 1 aromatic heterocycles. The molecule has 0 unspecified atom stereocenters. The quantitative estimate of drug-likeness (QED) is 0.680. The molecule has 118 valence electrons. The molecule has 9 heteroatoms. The first-order valence-corrected chi connectivity index (χ1v) is 8.65. The number of hydrogen-bond donors (Lipinski definition) is 1. The highest BCUT2D eigenvalue weighted by molar-refractivity contribution is 7.94. The van der Waals surface area contributed by atoms with Crippen molar-refractivity contribution in [2.24, 2.45) is 0 Å². The highest BCUT2D eigenvalue weighted by Gasteiger charge is 2.24. The molecule has 0 radical (unpaired) electrons. The first-order chi connectivity index (χ1) is 10.1. The maximum absolute atomic E-state index is 12.5. The average Bonchev–Trinajstić information content (AvgIpc) is 2.74. The number of nitro groups is 1. The Morgan fingerprint density at radius 3 is 2.36 bits per heavy atom. The van der Waals surface area contributed by atoms with Crippen LogP contribution in [0.25, 0.3) is 0 Å². The first-order valence-electron chi connectivity index (χ1n) is 6.35. The number of aromatic nitrogens is 1. The molecule has 0 saturated carbocycles. The molecule has 0 aliphatic rings. The average molecular weight is 341 g/mol. The van der Waals surface area contributed by atoms with Crippen molar-refractivity contribution in [1.82, 2.24) is 4.98 Å². The van der Waals surface area contributed by atoms with E-state index in [4.69, 9.17) is 0 Å². The molecule has 0 bridgehead atoms. The van der Waals surface area contributed by atoms with Gasteiger partial charge in [-0.05, 0) is 33.3 Å². The minimum absolute atomic E-state index is 0.121. The second-order valence-corrected chi connectivity index (χ2v) is 7.95. The molecule has 1 heterocycles. The van der Waals surface area contributed by atoms with E-state index in [9.17, 15) is 18.5 Å². The van der Waals surface area contributed by atoms with Gasteiger partial charge in [0.15, 0.2) is 4.21 Å². The van der Waals surface area contributed by atoms with Gasteiger partial charge >= 0.3 is 0 Å². The zero-order valence-corrected chi connectivity index (χ0v) is 14.1. The van der Waals surface area contributed by atoms with Crippen molar-refractivity contribution in [3.63, 3.8) is 0 Å². The molecule has 0 aliphatic carbocycles. The lowest BCUT2D eigenvalue weighted by molar-refractivity contribution is -0.385. The predicted molar refractivity (Wildman–Crippen MR) is 85.0 cm³/mol. The van der Waals surface area contributed by atoms with Gasteiger partial charge in [0.25, 0.3) is 15.7 Å². The third-order valence-electron chi connectivity index (χ3n) is 3.18. The van der Waals surface area contributed by atoms with E-state index in [1.54, 1.807) is 20.8 Å². The van der Waals surface area contributed by atoms with E-state index in [1.807, 2.05) is 0 Å². The van der Waals surface area contributed by atoms with Gasteiger partial charge in [-0.1, -0.05) is 6.07 Å². The lowest BCUT2D eigenvalue weighted by atomic mass is 10.1. The Morgan fingerprint density at radius 2 is 1.86 bits per heavy atom. The number of nitrogens with zero attached hydrogens (tertiary/aromatic N) is 2. The van der Waals surface area contributed by atoms with Crippen molar-refractivity contribution >= 4 is 32.7 Å². The van der Waals surface area contributed by atoms with E-state index < -0.39 is 14.9 Å². The number of nitro benzene ring substituents is 1. The van der Waals surface area contributed by atoms with Gasteiger partial charge in [-0.3, -0.25) is 14.8 Å². The van der Waals surface area contributed by atoms with E-state index in [-0.39, 0.29) is 21.1 Å². The fraction of sp³-hybridized carbons (Fsp3) is 0.308. The fourth-order valence-electron chi connectivity index (χ4n) is 2.13. The zero-order chi connectivity index (χ0) is 16.7. The van der Waals surface area contributed by atoms with E-state index in [1.165, 1.54) is 19.1 Å². The van der Waals surface area contributed by atoms with Crippen LogP contribution in [0.3, 0.4) is 0 Å². The van der Waals surface area contributed by atoms with Gasteiger partial charge in [-0.15, -0.1) is 11.3 Å². The maximum atomic E-state index is 12.5. The van der Waals surface area contributed by atoms with Crippen LogP contribution in [0.15, 0.2) is 16.3 Å². The van der Waals surface area contributed by atoms with Crippen molar-refractivity contribution in [3.8, 4) is 0 Å². The van der Waals surface area contributed by atoms with Crippen molar-refractivity contribution in [3.05, 3.63) is 44.1 Å². The lowest BCUT2D eigenvalue weighted by Crippen LogP contribution is -2.15. The van der Waals surface area contributed by atoms with Gasteiger partial charge in [0.1, 0.15) is 0 Å². The summed E-state index contributed by atoms with van der Waals surface area (Å²) >= 11 is 1.07. The van der Waals surface area contributed by atoms with Crippen LogP contribution in [0.4, 0.5) is 11.4 Å². The number of anilines is 1. The van der Waals surface area contributed by atoms with Gasteiger partial charge in [0, 0.05) is 6.07 Å². The van der Waals surface area contributed by atoms with Crippen molar-refractivity contribution in [2.75, 3.05) is 4.72 Å². The summed E-state index contributed by atoms with van der Waals surface area (Å²) in [6.45, 7) is 6.55. The van der Waals surface area contributed by atoms with Crippen molar-refractivity contribution < 1.29 is 13.3 Å². The second-order valence-electron chi connectivity index (χ2n) is 4.87. The summed E-state index contributed by atoms with van der Waals surface area (Å²) in [4.78, 5) is 14.6. The van der Waals surface area contributed by atoms with Gasteiger partial charge in [-0.25, -0.2) is 13.4 Å². The van der Waals surface area contributed by atoms with Crippen LogP contribution in [0.1, 0.15) is 21.8 Å². The smallest absolute Gasteiger partial charge is 0.274 e. The fourth-order valence-corrected chi connectivity index (χ4v) is 4.81. The van der Waals surface area contributed by atoms with Crippen molar-refractivity contribution in [2.45, 2.75) is 31.9 Å². The predicted octanol–water partition coefficient (Wildman–Crippen LogP) is 3.09. The summed E-state index contributed by atoms with van der Waals surface area (Å²) in [6, 6.07) is 2.89. The monoisotopic (exact) mass is 341 g/mol. The number of sulfonamides is 1. The molecule has 0 fully saturated rings. The highest BCUT2D eigenvalue weighted by Crippen LogP contribution is 2.32. The third-order valence-corrected chi connectivity index (χ3v) is 6.22. The topological polar surface area (TPSA) is 102 Å². The SMILES string of the molecule is Cc1nc(C)c(S(=O)(=O)Nc2c(C)ccc([N+](=O)[O-])c2C)s1. The lowest BCUT2D eigenvalue weighted by Gasteiger charge is -2.12. The number of hydrogen-bond acceptors (Lipinski definition) is 6. The summed E-state index contributed by atoms with van der Waals surface area (Å²) < 4.78 is 27.6. The van der Waals surface area contributed by atoms with Gasteiger partial charge in [0.2, 0.25) is 0 Å². The minimum atomic E-state index is -3.83. The number of aryl methyl sites for hydroxylation is 3. The Bertz CT molecular complexity index is 856. The number of nitrogens with one attached hydrogen (secondary N) is 1. The van der Waals surface area contributed by atoms with Gasteiger partial charge < -0.3 is 0 Å². The number of rotatable bonds is 4. The molecule has 0 saturated heterocycles. The summed E-state index contributed by atoms with van der Waals surface area (Å²) in [5.74, 6) is 0. The molecule has 0 amide bonds. The summed E-state index contributed by atoms with van der Waals surface area (Å²) in [5, 5.41) is 11.6. The Hall–Kier alpha value is -2.00. The molecular formula is C13H15N3O4S2. The number of benzene rings is 1. The number of thiazole rings is 1. The van der Waals surface area contributed by atoms with Gasteiger partial charge in [0.05, 0.1) is 26.9 Å². The van der Waals surface area contributed by atoms with Crippen LogP contribution in [0.5, 0.6) is 0 Å². The zero-order valence-electron chi connectivity index (χ0n) is 12.5. The minimum Gasteiger partial charge on any atom is -0.278 e. The Balaban J connectivity index is 2.53. The molecule has 0 atom stereocenters. The molecule has 22 heavy (non-hydrogen) atoms. The Morgan fingerprint density at radius 1 is 1.23 bits per heavy atom. The van der Waals surface area contributed by atoms with E-state index in [2.05, 4.69) is 9.71 Å². The molecule has 0 spiro atoms. The van der Waals surface area contributed by atoms with E-state index >= 15 is 0 Å². The molecule has 2 aromatic rings. The van der Waals surface area contributed by atoms with Crippen molar-refractivity contribution in [1.29, 1.82) is 0 Å². The van der Waals surface area contributed by atoms with Crippen LogP contribution in [0.2, 0.25) is 0 Å². The van der Waals surface area contributed by atoms with Crippen LogP contribution < -0.4 is 4.72 Å². The van der Waals surface area contributed by atoms with Crippen LogP contribution >= 0.6 is 11.3 Å². The molecule has 0 aliphatic heterocycles. The van der Waals surface area contributed by atoms with E-state index in [0.29, 0.717) is 16.3 Å². The van der Waals surface area contributed by atoms with Crippen LogP contribution in [-0.2, 0) is 10.0 Å². The maximum Gasteiger partial charge on any atom is 0.274 e. The normalized spacial score (nSPS) is 11.5. The summed E-state index contributed by atoms with van der Waals surface area (Å²) in [7, 11) is -3.83. The molecule has 1 aromatic carbocycles. The van der Waals surface area contributed by atoms with E-state index in [0.717, 1.165) is 11.3 Å². The second kappa shape index (κ2) is 5.65. The Labute approximate surface area is 132 Å². The third kappa shape index (κ3) is 2.95. The first kappa shape index (κ1) is 16.4. The summed E-state index contributed by atoms with van der Waals surface area (Å²) in [5.41, 5.74) is 1.42. The van der Waals surface area contributed by atoms with Gasteiger partial charge in [-0.2, -0.15) is 0 Å².